The number of likely N-dealkylation sites (tertiary alicyclic amines) is 1. The van der Waals surface area contributed by atoms with E-state index in [1.54, 1.807) is 0 Å². The van der Waals surface area contributed by atoms with Crippen LogP contribution in [0.5, 0.6) is 5.75 Å². The summed E-state index contributed by atoms with van der Waals surface area (Å²) < 4.78 is 11.6. The molecule has 3 rings (SSSR count). The summed E-state index contributed by atoms with van der Waals surface area (Å²) in [5, 5.41) is 11.8. The molecule has 1 aliphatic rings. The van der Waals surface area contributed by atoms with Crippen LogP contribution in [-0.4, -0.2) is 42.3 Å². The third kappa shape index (κ3) is 8.43. The van der Waals surface area contributed by atoms with Gasteiger partial charge in [-0.05, 0) is 56.9 Å². The molecule has 33 heavy (non-hydrogen) atoms. The maximum Gasteiger partial charge on any atom is 0.407 e. The SMILES string of the molecule is CC(C)(C)OC(=O)N[C@@H]1CCN(Cc2ccccc2)C[C@H]1COc1ccc(CCC#N)cc1. The highest BCUT2D eigenvalue weighted by molar-refractivity contribution is 5.68. The number of nitrogens with one attached hydrogen (secondary N) is 1. The number of carbonyl (C=O) groups is 1. The van der Waals surface area contributed by atoms with E-state index >= 15 is 0 Å². The lowest BCUT2D eigenvalue weighted by Gasteiger charge is -2.39. The minimum absolute atomic E-state index is 0.0122. The van der Waals surface area contributed by atoms with Crippen LogP contribution < -0.4 is 10.1 Å². The number of piperidine rings is 1. The van der Waals surface area contributed by atoms with Crippen molar-refractivity contribution in [3.8, 4) is 11.8 Å². The van der Waals surface area contributed by atoms with Gasteiger partial charge in [0.05, 0.1) is 12.7 Å². The fraction of sp³-hybridized carbons (Fsp3) is 0.481. The number of nitriles is 1. The molecule has 1 heterocycles. The minimum Gasteiger partial charge on any atom is -0.493 e. The van der Waals surface area contributed by atoms with Gasteiger partial charge in [-0.15, -0.1) is 0 Å². The van der Waals surface area contributed by atoms with Gasteiger partial charge in [0.25, 0.3) is 0 Å². The largest absolute Gasteiger partial charge is 0.493 e. The van der Waals surface area contributed by atoms with Crippen molar-refractivity contribution in [2.24, 2.45) is 5.92 Å². The highest BCUT2D eigenvalue weighted by Crippen LogP contribution is 2.22. The lowest BCUT2D eigenvalue weighted by Crippen LogP contribution is -2.53. The third-order valence-corrected chi connectivity index (χ3v) is 5.68. The van der Waals surface area contributed by atoms with Gasteiger partial charge in [0.2, 0.25) is 0 Å². The molecule has 1 amide bonds. The quantitative estimate of drug-likeness (QED) is 0.618. The topological polar surface area (TPSA) is 74.6 Å². The molecule has 1 saturated heterocycles. The number of aryl methyl sites for hydroxylation is 1. The summed E-state index contributed by atoms with van der Waals surface area (Å²) >= 11 is 0. The molecule has 0 aromatic heterocycles. The monoisotopic (exact) mass is 449 g/mol. The van der Waals surface area contributed by atoms with Crippen molar-refractivity contribution in [3.63, 3.8) is 0 Å². The molecule has 0 spiro atoms. The molecular weight excluding hydrogens is 414 g/mol. The lowest BCUT2D eigenvalue weighted by atomic mass is 9.92. The van der Waals surface area contributed by atoms with Crippen molar-refractivity contribution in [1.29, 1.82) is 5.26 Å². The molecule has 2 atom stereocenters. The van der Waals surface area contributed by atoms with Crippen LogP contribution in [0.4, 0.5) is 4.79 Å². The first kappa shape index (κ1) is 24.6. The van der Waals surface area contributed by atoms with Crippen molar-refractivity contribution < 1.29 is 14.3 Å². The predicted molar refractivity (Wildman–Crippen MR) is 129 cm³/mol. The van der Waals surface area contributed by atoms with Crippen molar-refractivity contribution in [2.75, 3.05) is 19.7 Å². The van der Waals surface area contributed by atoms with Gasteiger partial charge < -0.3 is 14.8 Å². The summed E-state index contributed by atoms with van der Waals surface area (Å²) in [7, 11) is 0. The molecular formula is C27H35N3O3. The van der Waals surface area contributed by atoms with Gasteiger partial charge in [-0.2, -0.15) is 5.26 Å². The zero-order valence-electron chi connectivity index (χ0n) is 19.9. The van der Waals surface area contributed by atoms with Crippen LogP contribution in [0.3, 0.4) is 0 Å². The zero-order chi connectivity index (χ0) is 23.7. The number of alkyl carbamates (subject to hydrolysis) is 1. The second-order valence-electron chi connectivity index (χ2n) is 9.64. The van der Waals surface area contributed by atoms with E-state index in [-0.39, 0.29) is 18.1 Å². The Bertz CT molecular complexity index is 916. The van der Waals surface area contributed by atoms with Crippen LogP contribution in [0.2, 0.25) is 0 Å². The minimum atomic E-state index is -0.530. The highest BCUT2D eigenvalue weighted by atomic mass is 16.6. The van der Waals surface area contributed by atoms with E-state index in [1.807, 2.05) is 51.1 Å². The summed E-state index contributed by atoms with van der Waals surface area (Å²) in [6, 6.07) is 20.5. The molecule has 1 aliphatic heterocycles. The Kier molecular flexibility index (Phi) is 8.73. The van der Waals surface area contributed by atoms with Crippen LogP contribution >= 0.6 is 0 Å². The summed E-state index contributed by atoms with van der Waals surface area (Å²) in [5.41, 5.74) is 1.88. The van der Waals surface area contributed by atoms with Crippen molar-refractivity contribution in [2.45, 2.75) is 58.2 Å². The first-order valence-electron chi connectivity index (χ1n) is 11.7. The molecule has 0 saturated carbocycles. The smallest absolute Gasteiger partial charge is 0.407 e. The number of rotatable bonds is 8. The molecule has 2 aromatic carbocycles. The van der Waals surface area contributed by atoms with Crippen LogP contribution in [0.15, 0.2) is 54.6 Å². The van der Waals surface area contributed by atoms with E-state index < -0.39 is 5.60 Å². The molecule has 0 unspecified atom stereocenters. The lowest BCUT2D eigenvalue weighted by molar-refractivity contribution is 0.0389. The second kappa shape index (κ2) is 11.7. The van der Waals surface area contributed by atoms with Crippen molar-refractivity contribution in [1.82, 2.24) is 10.2 Å². The fourth-order valence-corrected chi connectivity index (χ4v) is 4.07. The van der Waals surface area contributed by atoms with Gasteiger partial charge in [-0.25, -0.2) is 4.79 Å². The van der Waals surface area contributed by atoms with E-state index in [0.717, 1.165) is 43.8 Å². The third-order valence-electron chi connectivity index (χ3n) is 5.68. The van der Waals surface area contributed by atoms with Gasteiger partial charge >= 0.3 is 6.09 Å². The number of nitrogens with zero attached hydrogens (tertiary/aromatic N) is 2. The van der Waals surface area contributed by atoms with Gasteiger partial charge in [-0.1, -0.05) is 42.5 Å². The number of hydrogen-bond donors (Lipinski definition) is 1. The number of hydrogen-bond acceptors (Lipinski definition) is 5. The number of amides is 1. The Morgan fingerprint density at radius 1 is 1.12 bits per heavy atom. The standard InChI is InChI=1S/C27H35N3O3/c1-27(2,3)33-26(31)29-25-15-17-30(18-22-8-5-4-6-9-22)19-23(25)20-32-24-13-11-21(12-14-24)10-7-16-28/h4-6,8-9,11-14,23,25H,7,10,15,17-20H2,1-3H3,(H,29,31)/t23-,25+/m0/s1. The van der Waals surface area contributed by atoms with Crippen LogP contribution in [0, 0.1) is 17.2 Å². The average Bonchev–Trinajstić information content (AvgIpc) is 2.78. The summed E-state index contributed by atoms with van der Waals surface area (Å²) in [6.45, 7) is 8.73. The summed E-state index contributed by atoms with van der Waals surface area (Å²) in [6.07, 6.45) is 1.72. The molecule has 0 radical (unpaired) electrons. The van der Waals surface area contributed by atoms with Gasteiger partial charge in [0.15, 0.2) is 0 Å². The molecule has 2 aromatic rings. The normalized spacial score (nSPS) is 18.8. The van der Waals surface area contributed by atoms with Crippen molar-refractivity contribution >= 4 is 6.09 Å². The number of ether oxygens (including phenoxy) is 2. The Hall–Kier alpha value is -3.04. The molecule has 176 valence electrons. The van der Waals surface area contributed by atoms with Gasteiger partial charge in [-0.3, -0.25) is 4.90 Å². The maximum absolute atomic E-state index is 12.4. The average molecular weight is 450 g/mol. The summed E-state index contributed by atoms with van der Waals surface area (Å²) in [4.78, 5) is 14.9. The van der Waals surface area contributed by atoms with E-state index in [0.29, 0.717) is 13.0 Å². The molecule has 0 aliphatic carbocycles. The Morgan fingerprint density at radius 2 is 1.85 bits per heavy atom. The van der Waals surface area contributed by atoms with E-state index in [9.17, 15) is 4.79 Å². The number of carbonyl (C=O) groups excluding carboxylic acids is 1. The van der Waals surface area contributed by atoms with Gasteiger partial charge in [0, 0.05) is 38.0 Å². The fourth-order valence-electron chi connectivity index (χ4n) is 4.07. The highest BCUT2D eigenvalue weighted by Gasteiger charge is 2.32. The van der Waals surface area contributed by atoms with Crippen molar-refractivity contribution in [3.05, 3.63) is 65.7 Å². The molecule has 1 fully saturated rings. The predicted octanol–water partition coefficient (Wildman–Crippen LogP) is 4.94. The molecule has 6 heteroatoms. The zero-order valence-corrected chi connectivity index (χ0v) is 19.9. The maximum atomic E-state index is 12.4. The van der Waals surface area contributed by atoms with Crippen LogP contribution in [-0.2, 0) is 17.7 Å². The van der Waals surface area contributed by atoms with E-state index in [2.05, 4.69) is 40.6 Å². The van der Waals surface area contributed by atoms with E-state index in [1.165, 1.54) is 5.56 Å². The molecule has 6 nitrogen and oxygen atoms in total. The Morgan fingerprint density at radius 3 is 2.52 bits per heavy atom. The first-order valence-corrected chi connectivity index (χ1v) is 11.7. The van der Waals surface area contributed by atoms with Gasteiger partial charge in [0.1, 0.15) is 11.4 Å². The van der Waals surface area contributed by atoms with Crippen LogP contribution in [0.25, 0.3) is 0 Å². The molecule has 1 N–H and O–H groups in total. The molecule has 0 bridgehead atoms. The summed E-state index contributed by atoms with van der Waals surface area (Å²) in [5.74, 6) is 0.931. The first-order chi connectivity index (χ1) is 15.8. The van der Waals surface area contributed by atoms with E-state index in [4.69, 9.17) is 14.7 Å². The second-order valence-corrected chi connectivity index (χ2v) is 9.64. The Balaban J connectivity index is 1.62. The number of benzene rings is 2. The Labute approximate surface area is 197 Å². The van der Waals surface area contributed by atoms with Crippen LogP contribution in [0.1, 0.15) is 44.7 Å².